The van der Waals surface area contributed by atoms with E-state index in [0.717, 1.165) is 6.07 Å². The number of urea groups is 1. The Kier molecular flexibility index (Phi) is 9.13. The standard InChI is InChI=1S/C25H22ClF3N4O5/c1-3-37-23(35)21(33-24(36)32-15-6-9-19(26)18(12-15)25(27,28)29)14-4-7-16(8-5-14)38-17-10-11-31-20(13-17)22(34)30-2/h4-13,21H,3H2,1-2H3,(H,30,34)(H2,32,33,36). The maximum atomic E-state index is 13.1. The number of carbonyl (C=O) groups is 3. The number of alkyl halides is 3. The molecule has 2 aromatic carbocycles. The molecule has 0 radical (unpaired) electrons. The van der Waals surface area contributed by atoms with Crippen LogP contribution < -0.4 is 20.7 Å². The van der Waals surface area contributed by atoms with Gasteiger partial charge in [0.1, 0.15) is 17.2 Å². The van der Waals surface area contributed by atoms with E-state index < -0.39 is 34.8 Å². The van der Waals surface area contributed by atoms with E-state index in [4.69, 9.17) is 21.1 Å². The molecule has 1 aromatic heterocycles. The molecule has 3 N–H and O–H groups in total. The first-order chi connectivity index (χ1) is 18.0. The maximum absolute atomic E-state index is 13.1. The third kappa shape index (κ3) is 7.35. The second-order valence-corrected chi connectivity index (χ2v) is 8.01. The minimum atomic E-state index is -4.72. The van der Waals surface area contributed by atoms with Crippen LogP contribution in [0.3, 0.4) is 0 Å². The van der Waals surface area contributed by atoms with Crippen molar-refractivity contribution in [1.29, 1.82) is 0 Å². The summed E-state index contributed by atoms with van der Waals surface area (Å²) in [6, 6.07) is 9.70. The van der Waals surface area contributed by atoms with Gasteiger partial charge in [-0.25, -0.2) is 9.59 Å². The Morgan fingerprint density at radius 3 is 2.37 bits per heavy atom. The van der Waals surface area contributed by atoms with Gasteiger partial charge in [0.25, 0.3) is 5.91 Å². The van der Waals surface area contributed by atoms with Crippen molar-refractivity contribution in [2.24, 2.45) is 0 Å². The molecule has 3 aromatic rings. The summed E-state index contributed by atoms with van der Waals surface area (Å²) in [5.41, 5.74) is -0.828. The van der Waals surface area contributed by atoms with Crippen LogP contribution in [0.25, 0.3) is 0 Å². The number of amides is 3. The number of anilines is 1. The molecule has 0 aliphatic carbocycles. The summed E-state index contributed by atoms with van der Waals surface area (Å²) in [4.78, 5) is 40.8. The largest absolute Gasteiger partial charge is 0.464 e. The zero-order valence-corrected chi connectivity index (χ0v) is 20.8. The lowest BCUT2D eigenvalue weighted by atomic mass is 10.1. The van der Waals surface area contributed by atoms with Gasteiger partial charge in [-0.05, 0) is 48.9 Å². The molecule has 0 saturated heterocycles. The number of pyridine rings is 1. The Bertz CT molecular complexity index is 1320. The van der Waals surface area contributed by atoms with E-state index in [1.165, 1.54) is 49.6 Å². The molecule has 0 spiro atoms. The van der Waals surface area contributed by atoms with Crippen LogP contribution in [0.4, 0.5) is 23.7 Å². The Balaban J connectivity index is 1.76. The monoisotopic (exact) mass is 550 g/mol. The molecule has 9 nitrogen and oxygen atoms in total. The lowest BCUT2D eigenvalue weighted by Gasteiger charge is -2.19. The fourth-order valence-corrected chi connectivity index (χ4v) is 3.44. The van der Waals surface area contributed by atoms with Crippen LogP contribution in [-0.2, 0) is 15.7 Å². The summed E-state index contributed by atoms with van der Waals surface area (Å²) < 4.78 is 50.1. The first kappa shape index (κ1) is 28.3. The highest BCUT2D eigenvalue weighted by Gasteiger charge is 2.33. The first-order valence-electron chi connectivity index (χ1n) is 11.1. The molecule has 1 heterocycles. The molecule has 0 saturated carbocycles. The predicted octanol–water partition coefficient (Wildman–Crippen LogP) is 5.33. The number of halogens is 4. The highest BCUT2D eigenvalue weighted by molar-refractivity contribution is 6.31. The SMILES string of the molecule is CCOC(=O)C(NC(=O)Nc1ccc(Cl)c(C(F)(F)F)c1)c1ccc(Oc2ccnc(C(=O)NC)c2)cc1. The van der Waals surface area contributed by atoms with Crippen LogP contribution in [0.5, 0.6) is 11.5 Å². The summed E-state index contributed by atoms with van der Waals surface area (Å²) in [6.07, 6.45) is -3.31. The van der Waals surface area contributed by atoms with Gasteiger partial charge < -0.3 is 25.4 Å². The smallest absolute Gasteiger partial charge is 0.417 e. The number of hydrogen-bond acceptors (Lipinski definition) is 6. The van der Waals surface area contributed by atoms with E-state index in [2.05, 4.69) is 20.9 Å². The van der Waals surface area contributed by atoms with Gasteiger partial charge >= 0.3 is 18.2 Å². The Morgan fingerprint density at radius 1 is 1.03 bits per heavy atom. The van der Waals surface area contributed by atoms with Crippen LogP contribution >= 0.6 is 11.6 Å². The molecular weight excluding hydrogens is 529 g/mol. The predicted molar refractivity (Wildman–Crippen MR) is 132 cm³/mol. The molecule has 0 fully saturated rings. The molecule has 13 heteroatoms. The average molecular weight is 551 g/mol. The fourth-order valence-electron chi connectivity index (χ4n) is 3.21. The Morgan fingerprint density at radius 2 is 1.74 bits per heavy atom. The maximum Gasteiger partial charge on any atom is 0.417 e. The molecule has 38 heavy (non-hydrogen) atoms. The number of nitrogens with zero attached hydrogens (tertiary/aromatic N) is 1. The van der Waals surface area contributed by atoms with Crippen molar-refractivity contribution in [3.05, 3.63) is 82.6 Å². The number of hydrogen-bond donors (Lipinski definition) is 3. The van der Waals surface area contributed by atoms with Crippen molar-refractivity contribution in [2.75, 3.05) is 19.0 Å². The van der Waals surface area contributed by atoms with Crippen molar-refractivity contribution in [1.82, 2.24) is 15.6 Å². The minimum Gasteiger partial charge on any atom is -0.464 e. The van der Waals surface area contributed by atoms with Crippen molar-refractivity contribution in [3.8, 4) is 11.5 Å². The number of nitrogens with one attached hydrogen (secondary N) is 3. The lowest BCUT2D eigenvalue weighted by Crippen LogP contribution is -2.37. The molecule has 3 amide bonds. The van der Waals surface area contributed by atoms with Gasteiger partial charge in [-0.2, -0.15) is 13.2 Å². The molecule has 0 aliphatic heterocycles. The number of ether oxygens (including phenoxy) is 2. The second-order valence-electron chi connectivity index (χ2n) is 7.60. The van der Waals surface area contributed by atoms with Gasteiger partial charge in [0, 0.05) is 25.0 Å². The average Bonchev–Trinajstić information content (AvgIpc) is 2.88. The molecule has 0 bridgehead atoms. The van der Waals surface area contributed by atoms with Crippen molar-refractivity contribution in [3.63, 3.8) is 0 Å². The van der Waals surface area contributed by atoms with E-state index >= 15 is 0 Å². The summed E-state index contributed by atoms with van der Waals surface area (Å²) in [7, 11) is 1.47. The second kappa shape index (κ2) is 12.3. The van der Waals surface area contributed by atoms with Gasteiger partial charge in [0.05, 0.1) is 17.2 Å². The number of rotatable bonds is 8. The topological polar surface area (TPSA) is 119 Å². The summed E-state index contributed by atoms with van der Waals surface area (Å²) in [5.74, 6) is -0.476. The van der Waals surface area contributed by atoms with Crippen molar-refractivity contribution < 1.29 is 37.0 Å². The summed E-state index contributed by atoms with van der Waals surface area (Å²) in [6.45, 7) is 1.61. The van der Waals surface area contributed by atoms with Crippen molar-refractivity contribution >= 4 is 35.2 Å². The third-order valence-electron chi connectivity index (χ3n) is 4.97. The van der Waals surface area contributed by atoms with E-state index in [1.807, 2.05) is 0 Å². The van der Waals surface area contributed by atoms with Gasteiger partial charge in [0.15, 0.2) is 6.04 Å². The molecule has 200 valence electrons. The van der Waals surface area contributed by atoms with Crippen LogP contribution in [0, 0.1) is 0 Å². The van der Waals surface area contributed by atoms with E-state index in [0.29, 0.717) is 23.1 Å². The van der Waals surface area contributed by atoms with Crippen molar-refractivity contribution in [2.45, 2.75) is 19.1 Å². The van der Waals surface area contributed by atoms with Crippen LogP contribution in [0.2, 0.25) is 5.02 Å². The van der Waals surface area contributed by atoms with E-state index in [-0.39, 0.29) is 23.9 Å². The lowest BCUT2D eigenvalue weighted by molar-refractivity contribution is -0.145. The molecule has 0 aliphatic rings. The van der Waals surface area contributed by atoms with Crippen LogP contribution in [-0.4, -0.2) is 36.5 Å². The molecular formula is C25H22ClF3N4O5. The first-order valence-corrected chi connectivity index (χ1v) is 11.5. The minimum absolute atomic E-state index is 0.0294. The van der Waals surface area contributed by atoms with Crippen LogP contribution in [0.15, 0.2) is 60.8 Å². The third-order valence-corrected chi connectivity index (χ3v) is 5.30. The number of benzene rings is 2. The van der Waals surface area contributed by atoms with Crippen LogP contribution in [0.1, 0.15) is 34.6 Å². The summed E-state index contributed by atoms with van der Waals surface area (Å²) >= 11 is 5.61. The number of aromatic nitrogens is 1. The van der Waals surface area contributed by atoms with E-state index in [1.54, 1.807) is 13.0 Å². The molecule has 1 atom stereocenters. The highest BCUT2D eigenvalue weighted by atomic mass is 35.5. The summed E-state index contributed by atoms with van der Waals surface area (Å²) in [5, 5.41) is 6.60. The normalized spacial score (nSPS) is 11.7. The Labute approximate surface area is 220 Å². The molecule has 3 rings (SSSR count). The quantitative estimate of drug-likeness (QED) is 0.326. The zero-order chi connectivity index (χ0) is 27.9. The fraction of sp³-hybridized carbons (Fsp3) is 0.200. The van der Waals surface area contributed by atoms with Gasteiger partial charge in [-0.15, -0.1) is 0 Å². The zero-order valence-electron chi connectivity index (χ0n) is 20.1. The highest BCUT2D eigenvalue weighted by Crippen LogP contribution is 2.36. The number of carbonyl (C=O) groups excluding carboxylic acids is 3. The Hall–Kier alpha value is -4.32. The molecule has 1 unspecified atom stereocenters. The van der Waals surface area contributed by atoms with E-state index in [9.17, 15) is 27.6 Å². The van der Waals surface area contributed by atoms with Gasteiger partial charge in [0.2, 0.25) is 0 Å². The van der Waals surface area contributed by atoms with Gasteiger partial charge in [-0.1, -0.05) is 23.7 Å². The number of esters is 1. The van der Waals surface area contributed by atoms with Gasteiger partial charge in [-0.3, -0.25) is 9.78 Å².